The quantitative estimate of drug-likeness (QED) is 0.705. The minimum absolute atomic E-state index is 0.0976. The molecule has 0 radical (unpaired) electrons. The van der Waals surface area contributed by atoms with Crippen molar-refractivity contribution < 1.29 is 9.32 Å². The van der Waals surface area contributed by atoms with E-state index >= 15 is 0 Å². The molecule has 26 heavy (non-hydrogen) atoms. The highest BCUT2D eigenvalue weighted by atomic mass is 16.5. The number of hydrogen-bond acceptors (Lipinski definition) is 5. The predicted molar refractivity (Wildman–Crippen MR) is 96.6 cm³/mol. The van der Waals surface area contributed by atoms with Crippen LogP contribution in [0.5, 0.6) is 0 Å². The summed E-state index contributed by atoms with van der Waals surface area (Å²) in [5, 5.41) is 4.02. The zero-order valence-electron chi connectivity index (χ0n) is 14.2. The van der Waals surface area contributed by atoms with E-state index in [-0.39, 0.29) is 11.9 Å². The molecule has 130 valence electrons. The molecule has 4 rings (SSSR count). The summed E-state index contributed by atoms with van der Waals surface area (Å²) in [7, 11) is 0. The van der Waals surface area contributed by atoms with Crippen LogP contribution < -0.4 is 0 Å². The van der Waals surface area contributed by atoms with Crippen LogP contribution in [0.1, 0.15) is 35.9 Å². The van der Waals surface area contributed by atoms with Gasteiger partial charge in [-0.3, -0.25) is 9.78 Å². The number of likely N-dealkylation sites (tertiary alicyclic amines) is 1. The Morgan fingerprint density at radius 2 is 2.08 bits per heavy atom. The number of pyridine rings is 1. The van der Waals surface area contributed by atoms with Gasteiger partial charge in [-0.15, -0.1) is 0 Å². The van der Waals surface area contributed by atoms with Crippen LogP contribution >= 0.6 is 0 Å². The summed E-state index contributed by atoms with van der Waals surface area (Å²) in [6.07, 6.45) is 4.64. The van der Waals surface area contributed by atoms with Gasteiger partial charge in [-0.2, -0.15) is 4.98 Å². The molecular weight excluding hydrogens is 328 g/mol. The third kappa shape index (κ3) is 3.13. The Kier molecular flexibility index (Phi) is 4.31. The van der Waals surface area contributed by atoms with Crippen LogP contribution in [0.15, 0.2) is 59.8 Å². The molecule has 1 atom stereocenters. The highest BCUT2D eigenvalue weighted by molar-refractivity contribution is 5.78. The van der Waals surface area contributed by atoms with E-state index < -0.39 is 0 Å². The van der Waals surface area contributed by atoms with Crippen molar-refractivity contribution in [3.05, 3.63) is 72.3 Å². The minimum atomic E-state index is -0.202. The van der Waals surface area contributed by atoms with Crippen molar-refractivity contribution in [1.82, 2.24) is 20.0 Å². The first-order chi connectivity index (χ1) is 12.7. The summed E-state index contributed by atoms with van der Waals surface area (Å²) < 4.78 is 5.45. The van der Waals surface area contributed by atoms with E-state index in [1.807, 2.05) is 42.5 Å². The molecule has 1 aliphatic heterocycles. The number of carbonyl (C=O) groups excluding carboxylic acids is 1. The van der Waals surface area contributed by atoms with Crippen molar-refractivity contribution in [1.29, 1.82) is 0 Å². The van der Waals surface area contributed by atoms with Crippen LogP contribution in [0, 0.1) is 0 Å². The predicted octanol–water partition coefficient (Wildman–Crippen LogP) is 3.64. The number of hydrogen-bond donors (Lipinski definition) is 0. The fourth-order valence-corrected chi connectivity index (χ4v) is 3.11. The molecule has 3 heterocycles. The Morgan fingerprint density at radius 3 is 2.81 bits per heavy atom. The molecule has 0 spiro atoms. The van der Waals surface area contributed by atoms with E-state index in [9.17, 15) is 4.79 Å². The van der Waals surface area contributed by atoms with Crippen molar-refractivity contribution in [2.75, 3.05) is 0 Å². The Hall–Kier alpha value is -3.28. The zero-order valence-corrected chi connectivity index (χ0v) is 14.2. The molecule has 1 aromatic carbocycles. The summed E-state index contributed by atoms with van der Waals surface area (Å²) in [6, 6.07) is 13.3. The SMILES string of the molecule is C=Cc1ccc(CN2C(=O)CCC2c2nc(-c3ccccn3)no2)cc1. The molecule has 6 nitrogen and oxygen atoms in total. The second kappa shape index (κ2) is 6.92. The maximum absolute atomic E-state index is 12.4. The Labute approximate surface area is 151 Å². The van der Waals surface area contributed by atoms with E-state index in [1.54, 1.807) is 17.2 Å². The lowest BCUT2D eigenvalue weighted by atomic mass is 10.1. The molecule has 1 amide bonds. The van der Waals surface area contributed by atoms with Crippen molar-refractivity contribution in [2.24, 2.45) is 0 Å². The second-order valence-corrected chi connectivity index (χ2v) is 6.19. The Bertz CT molecular complexity index is 918. The van der Waals surface area contributed by atoms with Gasteiger partial charge in [0.05, 0.1) is 0 Å². The number of rotatable bonds is 5. The van der Waals surface area contributed by atoms with E-state index in [0.29, 0.717) is 36.8 Å². The first-order valence-corrected chi connectivity index (χ1v) is 8.50. The monoisotopic (exact) mass is 346 g/mol. The van der Waals surface area contributed by atoms with Gasteiger partial charge < -0.3 is 9.42 Å². The molecule has 0 aliphatic carbocycles. The van der Waals surface area contributed by atoms with Crippen molar-refractivity contribution in [3.63, 3.8) is 0 Å². The zero-order chi connectivity index (χ0) is 17.9. The average molecular weight is 346 g/mol. The third-order valence-electron chi connectivity index (χ3n) is 4.52. The fraction of sp³-hybridized carbons (Fsp3) is 0.200. The molecule has 1 saturated heterocycles. The smallest absolute Gasteiger partial charge is 0.249 e. The van der Waals surface area contributed by atoms with E-state index in [0.717, 1.165) is 11.1 Å². The summed E-state index contributed by atoms with van der Waals surface area (Å²) in [5.74, 6) is 0.995. The molecule has 0 bridgehead atoms. The molecule has 1 unspecified atom stereocenters. The number of amides is 1. The third-order valence-corrected chi connectivity index (χ3v) is 4.52. The average Bonchev–Trinajstić information content (AvgIpc) is 3.31. The minimum Gasteiger partial charge on any atom is -0.337 e. The van der Waals surface area contributed by atoms with Gasteiger partial charge in [-0.1, -0.05) is 48.1 Å². The standard InChI is InChI=1S/C20H18N4O2/c1-2-14-6-8-15(9-7-14)13-24-17(10-11-18(24)25)20-22-19(23-26-20)16-5-3-4-12-21-16/h2-9,12,17H,1,10-11,13H2. The lowest BCUT2D eigenvalue weighted by Crippen LogP contribution is -2.27. The van der Waals surface area contributed by atoms with Crippen LogP contribution in [0.4, 0.5) is 0 Å². The molecular formula is C20H18N4O2. The molecule has 0 saturated carbocycles. The van der Waals surface area contributed by atoms with E-state index in [2.05, 4.69) is 21.7 Å². The lowest BCUT2D eigenvalue weighted by molar-refractivity contribution is -0.129. The van der Waals surface area contributed by atoms with Gasteiger partial charge in [0.1, 0.15) is 11.7 Å². The van der Waals surface area contributed by atoms with Gasteiger partial charge >= 0.3 is 0 Å². The molecule has 6 heteroatoms. The first kappa shape index (κ1) is 16.2. The molecule has 3 aromatic rings. The molecule has 1 aliphatic rings. The Balaban J connectivity index is 1.56. The van der Waals surface area contributed by atoms with Gasteiger partial charge in [0.25, 0.3) is 0 Å². The molecule has 0 N–H and O–H groups in total. The molecule has 1 fully saturated rings. The first-order valence-electron chi connectivity index (χ1n) is 8.50. The van der Waals surface area contributed by atoms with Gasteiger partial charge in [0.15, 0.2) is 0 Å². The largest absolute Gasteiger partial charge is 0.337 e. The lowest BCUT2D eigenvalue weighted by Gasteiger charge is -2.22. The van der Waals surface area contributed by atoms with Crippen LogP contribution in [-0.2, 0) is 11.3 Å². The van der Waals surface area contributed by atoms with Crippen molar-refractivity contribution >= 4 is 12.0 Å². The topological polar surface area (TPSA) is 72.1 Å². The summed E-state index contributed by atoms with van der Waals surface area (Å²) >= 11 is 0. The Morgan fingerprint density at radius 1 is 1.23 bits per heavy atom. The number of nitrogens with zero attached hydrogens (tertiary/aromatic N) is 4. The summed E-state index contributed by atoms with van der Waals surface area (Å²) in [4.78, 5) is 22.9. The van der Waals surface area contributed by atoms with Crippen LogP contribution in [0.3, 0.4) is 0 Å². The van der Waals surface area contributed by atoms with Gasteiger partial charge in [-0.05, 0) is 29.7 Å². The normalized spacial score (nSPS) is 16.8. The van der Waals surface area contributed by atoms with Crippen LogP contribution in [0.25, 0.3) is 17.6 Å². The summed E-state index contributed by atoms with van der Waals surface area (Å²) in [6.45, 7) is 4.27. The number of aromatic nitrogens is 3. The highest BCUT2D eigenvalue weighted by Gasteiger charge is 2.36. The van der Waals surface area contributed by atoms with Crippen LogP contribution in [-0.4, -0.2) is 25.9 Å². The summed E-state index contributed by atoms with van der Waals surface area (Å²) in [5.41, 5.74) is 2.76. The van der Waals surface area contributed by atoms with Gasteiger partial charge in [0, 0.05) is 19.2 Å². The maximum atomic E-state index is 12.4. The number of benzene rings is 1. The van der Waals surface area contributed by atoms with E-state index in [1.165, 1.54) is 0 Å². The molecule has 2 aromatic heterocycles. The van der Waals surface area contributed by atoms with Crippen LogP contribution in [0.2, 0.25) is 0 Å². The van der Waals surface area contributed by atoms with Gasteiger partial charge in [-0.25, -0.2) is 0 Å². The fourth-order valence-electron chi connectivity index (χ4n) is 3.11. The number of carbonyl (C=O) groups is 1. The second-order valence-electron chi connectivity index (χ2n) is 6.19. The van der Waals surface area contributed by atoms with Crippen molar-refractivity contribution in [2.45, 2.75) is 25.4 Å². The maximum Gasteiger partial charge on any atom is 0.249 e. The van der Waals surface area contributed by atoms with Gasteiger partial charge in [0.2, 0.25) is 17.6 Å². The highest BCUT2D eigenvalue weighted by Crippen LogP contribution is 2.34. The van der Waals surface area contributed by atoms with E-state index in [4.69, 9.17) is 4.52 Å². The van der Waals surface area contributed by atoms with Crippen molar-refractivity contribution in [3.8, 4) is 11.5 Å².